The minimum atomic E-state index is 0. The van der Waals surface area contributed by atoms with Gasteiger partial charge in [0.05, 0.1) is 0 Å². The van der Waals surface area contributed by atoms with Crippen molar-refractivity contribution in [3.63, 3.8) is 0 Å². The summed E-state index contributed by atoms with van der Waals surface area (Å²) in [6.07, 6.45) is 1.83. The van der Waals surface area contributed by atoms with Crippen LogP contribution in [0.2, 0.25) is 0 Å². The third kappa shape index (κ3) is 3.41. The van der Waals surface area contributed by atoms with Crippen molar-refractivity contribution in [2.75, 3.05) is 0 Å². The Bertz CT molecular complexity index is 389. The molecule has 0 aliphatic rings. The maximum atomic E-state index is 4.28. The molecule has 0 radical (unpaired) electrons. The van der Waals surface area contributed by atoms with Crippen molar-refractivity contribution in [2.24, 2.45) is 0 Å². The Balaban J connectivity index is 0. The van der Waals surface area contributed by atoms with Gasteiger partial charge >= 0.3 is 76.7 Å². The van der Waals surface area contributed by atoms with Crippen molar-refractivity contribution in [3.05, 3.63) is 36.5 Å². The molecule has 1 aromatic carbocycles. The van der Waals surface area contributed by atoms with E-state index in [2.05, 4.69) is 49.7 Å². The van der Waals surface area contributed by atoms with Gasteiger partial charge in [-0.2, -0.15) is 0 Å². The van der Waals surface area contributed by atoms with E-state index in [9.17, 15) is 0 Å². The third-order valence-electron chi connectivity index (χ3n) is 1.63. The molecule has 1 aromatic heterocycles. The quantitative estimate of drug-likeness (QED) is 0.438. The summed E-state index contributed by atoms with van der Waals surface area (Å²) in [5.74, 6) is 0. The van der Waals surface area contributed by atoms with E-state index in [-0.39, 0.29) is 37.2 Å². The van der Waals surface area contributed by atoms with Gasteiger partial charge in [-0.15, -0.1) is 0 Å². The molecular formula is C9H6Cl3NTi. The van der Waals surface area contributed by atoms with Gasteiger partial charge in [0.2, 0.25) is 0 Å². The van der Waals surface area contributed by atoms with Crippen LogP contribution in [0.15, 0.2) is 36.5 Å². The molecule has 14 heavy (non-hydrogen) atoms. The number of pyridine rings is 1. The Morgan fingerprint density at radius 1 is 0.929 bits per heavy atom. The number of halogens is 3. The van der Waals surface area contributed by atoms with E-state index < -0.39 is 0 Å². The van der Waals surface area contributed by atoms with Gasteiger partial charge in [0, 0.05) is 0 Å². The summed E-state index contributed by atoms with van der Waals surface area (Å²) in [7, 11) is 0. The van der Waals surface area contributed by atoms with Crippen molar-refractivity contribution in [2.45, 2.75) is 0 Å². The number of aromatic nitrogens is 1. The average Bonchev–Trinajstić information content (AvgIpc) is 2.06. The number of hydrogen-bond acceptors (Lipinski definition) is 1. The van der Waals surface area contributed by atoms with Crippen LogP contribution in [0.3, 0.4) is 0 Å². The molecule has 2 aromatic rings. The average molecular weight is 282 g/mol. The molecule has 0 amide bonds. The molecule has 0 saturated carbocycles. The summed E-state index contributed by atoms with van der Waals surface area (Å²) in [5.41, 5.74) is 1.11. The van der Waals surface area contributed by atoms with E-state index in [1.165, 1.54) is 9.25 Å². The zero-order valence-electron chi connectivity index (χ0n) is 7.05. The monoisotopic (exact) mass is 281 g/mol. The normalized spacial score (nSPS) is 8.14. The van der Waals surface area contributed by atoms with Crippen molar-refractivity contribution in [1.82, 2.24) is 4.98 Å². The van der Waals surface area contributed by atoms with Gasteiger partial charge in [-0.05, 0) is 0 Å². The predicted octanol–water partition coefficient (Wildman–Crippen LogP) is -7.58. The zero-order chi connectivity index (χ0) is 7.68. The summed E-state index contributed by atoms with van der Waals surface area (Å²) in [6, 6.07) is 10.3. The molecule has 0 bridgehead atoms. The Hall–Kier alpha value is 0.214. The molecular weight excluding hydrogens is 276 g/mol. The first-order chi connectivity index (χ1) is 5.38. The van der Waals surface area contributed by atoms with E-state index in [0.29, 0.717) is 0 Å². The zero-order valence-corrected chi connectivity index (χ0v) is 10.9. The summed E-state index contributed by atoms with van der Waals surface area (Å²) in [6.45, 7) is 0. The molecule has 0 unspecified atom stereocenters. The second kappa shape index (κ2) is 7.50. The van der Waals surface area contributed by atoms with Gasteiger partial charge in [0.15, 0.2) is 0 Å². The molecule has 1 nitrogen and oxygen atoms in total. The maximum absolute atomic E-state index is 4.28. The molecule has 2 rings (SSSR count). The van der Waals surface area contributed by atoms with Gasteiger partial charge in [-0.1, -0.05) is 0 Å². The number of nitrogens with zero attached hydrogens (tertiary/aromatic N) is 1. The molecule has 1 heterocycles. The SMILES string of the molecule is [Cl-].[Cl-].[Cl-].[Ti+3][c]1cccc2cccnc12. The first-order valence-corrected chi connectivity index (χ1v) is 4.21. The van der Waals surface area contributed by atoms with Crippen LogP contribution < -0.4 is 41.1 Å². The van der Waals surface area contributed by atoms with E-state index >= 15 is 0 Å². The first-order valence-electron chi connectivity index (χ1n) is 3.43. The van der Waals surface area contributed by atoms with Crippen LogP contribution in [0.1, 0.15) is 0 Å². The van der Waals surface area contributed by atoms with Gasteiger partial charge in [-0.25, -0.2) is 0 Å². The van der Waals surface area contributed by atoms with Crippen LogP contribution in [0.5, 0.6) is 0 Å². The van der Waals surface area contributed by atoms with E-state index in [4.69, 9.17) is 0 Å². The Kier molecular flexibility index (Phi) is 8.91. The standard InChI is InChI=1S/C9H6N.3ClH.Ti/c1-2-6-9-8(4-1)5-3-7-10-9;;;;/h1-5,7H;3*1H;/q;;;;+3/p-3. The fraction of sp³-hybridized carbons (Fsp3) is 0. The summed E-state index contributed by atoms with van der Waals surface area (Å²) in [4.78, 5) is 4.28. The van der Waals surface area contributed by atoms with E-state index in [1.54, 1.807) is 0 Å². The number of hydrogen-bond donors (Lipinski definition) is 0. The minimum absolute atomic E-state index is 0. The molecule has 0 N–H and O–H groups in total. The molecule has 0 spiro atoms. The Labute approximate surface area is 113 Å². The fourth-order valence-corrected chi connectivity index (χ4v) is 1.58. The van der Waals surface area contributed by atoms with Crippen molar-refractivity contribution >= 4 is 14.8 Å². The van der Waals surface area contributed by atoms with Crippen LogP contribution in [-0.2, 0) is 20.4 Å². The molecule has 72 valence electrons. The summed E-state index contributed by atoms with van der Waals surface area (Å²) >= 11 is 2.08. The molecule has 0 fully saturated rings. The summed E-state index contributed by atoms with van der Waals surface area (Å²) in [5, 5.41) is 1.22. The third-order valence-corrected chi connectivity index (χ3v) is 2.26. The topological polar surface area (TPSA) is 12.9 Å². The van der Waals surface area contributed by atoms with Crippen molar-refractivity contribution < 1.29 is 57.7 Å². The number of fused-ring (bicyclic) bond motifs is 1. The Morgan fingerprint density at radius 2 is 1.57 bits per heavy atom. The van der Waals surface area contributed by atoms with Gasteiger partial charge in [-0.3, -0.25) is 0 Å². The summed E-state index contributed by atoms with van der Waals surface area (Å²) < 4.78 is 1.24. The second-order valence-corrected chi connectivity index (χ2v) is 3.22. The van der Waals surface area contributed by atoms with Crippen molar-refractivity contribution in [1.29, 1.82) is 0 Å². The van der Waals surface area contributed by atoms with Gasteiger partial charge < -0.3 is 37.2 Å². The van der Waals surface area contributed by atoms with Gasteiger partial charge in [0.25, 0.3) is 0 Å². The fourth-order valence-electron chi connectivity index (χ4n) is 1.10. The van der Waals surface area contributed by atoms with Crippen LogP contribution in [0, 0.1) is 0 Å². The van der Waals surface area contributed by atoms with Crippen LogP contribution in [0.25, 0.3) is 10.9 Å². The van der Waals surface area contributed by atoms with E-state index in [1.807, 2.05) is 12.3 Å². The van der Waals surface area contributed by atoms with Gasteiger partial charge in [0.1, 0.15) is 0 Å². The van der Waals surface area contributed by atoms with Crippen molar-refractivity contribution in [3.8, 4) is 0 Å². The predicted molar refractivity (Wildman–Crippen MR) is 41.4 cm³/mol. The number of para-hydroxylation sites is 1. The van der Waals surface area contributed by atoms with E-state index in [0.717, 1.165) is 5.52 Å². The molecule has 5 heteroatoms. The van der Waals surface area contributed by atoms with Crippen LogP contribution in [-0.4, -0.2) is 4.98 Å². The number of benzene rings is 1. The second-order valence-electron chi connectivity index (χ2n) is 2.38. The first kappa shape index (κ1) is 16.6. The number of rotatable bonds is 0. The van der Waals surface area contributed by atoms with Crippen LogP contribution >= 0.6 is 0 Å². The molecule has 0 aliphatic carbocycles. The Morgan fingerprint density at radius 3 is 2.21 bits per heavy atom. The van der Waals surface area contributed by atoms with Crippen LogP contribution in [0.4, 0.5) is 0 Å². The molecule has 0 aliphatic heterocycles. The molecule has 0 atom stereocenters. The molecule has 0 saturated heterocycles.